The third-order valence-corrected chi connectivity index (χ3v) is 4.29. The largest absolute Gasteiger partial charge is 0.338 e. The Bertz CT molecular complexity index is 646. The molecule has 2 atom stereocenters. The molecule has 0 spiro atoms. The van der Waals surface area contributed by atoms with E-state index in [1.54, 1.807) is 0 Å². The molecule has 2 nitrogen and oxygen atoms in total. The standard InChI is InChI=1S/C19H24N2/c1-13-10-16(11-14(2)20)8-9-18(13)21-15(3)12-17-6-4-5-7-19(17)21/h4-10,14-15H,11-12,20H2,1-3H3. The lowest BCUT2D eigenvalue weighted by molar-refractivity contribution is 0.735. The van der Waals surface area contributed by atoms with Crippen molar-refractivity contribution in [3.8, 4) is 0 Å². The van der Waals surface area contributed by atoms with Gasteiger partial charge in [0.05, 0.1) is 0 Å². The second-order valence-corrected chi connectivity index (χ2v) is 6.35. The molecule has 21 heavy (non-hydrogen) atoms. The van der Waals surface area contributed by atoms with Crippen LogP contribution in [0, 0.1) is 6.92 Å². The van der Waals surface area contributed by atoms with Gasteiger partial charge in [-0.2, -0.15) is 0 Å². The minimum Gasteiger partial charge on any atom is -0.338 e. The minimum absolute atomic E-state index is 0.210. The van der Waals surface area contributed by atoms with Crippen LogP contribution in [0.25, 0.3) is 0 Å². The molecule has 2 heteroatoms. The van der Waals surface area contributed by atoms with Crippen molar-refractivity contribution in [3.63, 3.8) is 0 Å². The normalized spacial score (nSPS) is 18.7. The first-order valence-corrected chi connectivity index (χ1v) is 7.78. The number of benzene rings is 2. The fourth-order valence-electron chi connectivity index (χ4n) is 3.42. The molecule has 3 rings (SSSR count). The van der Waals surface area contributed by atoms with Crippen LogP contribution >= 0.6 is 0 Å². The maximum atomic E-state index is 5.91. The Balaban J connectivity index is 1.97. The monoisotopic (exact) mass is 280 g/mol. The van der Waals surface area contributed by atoms with Crippen LogP contribution in [0.5, 0.6) is 0 Å². The maximum absolute atomic E-state index is 5.91. The number of nitrogens with zero attached hydrogens (tertiary/aromatic N) is 1. The first kappa shape index (κ1) is 14.2. The highest BCUT2D eigenvalue weighted by atomic mass is 15.2. The Morgan fingerprint density at radius 3 is 2.67 bits per heavy atom. The van der Waals surface area contributed by atoms with Crippen molar-refractivity contribution >= 4 is 11.4 Å². The van der Waals surface area contributed by atoms with Gasteiger partial charge >= 0.3 is 0 Å². The van der Waals surface area contributed by atoms with E-state index in [1.807, 2.05) is 0 Å². The van der Waals surface area contributed by atoms with E-state index in [1.165, 1.54) is 28.1 Å². The molecule has 1 aliphatic rings. The highest BCUT2D eigenvalue weighted by Crippen LogP contribution is 2.39. The van der Waals surface area contributed by atoms with E-state index in [0.29, 0.717) is 6.04 Å². The lowest BCUT2D eigenvalue weighted by Gasteiger charge is -2.27. The van der Waals surface area contributed by atoms with Crippen molar-refractivity contribution in [3.05, 3.63) is 59.2 Å². The molecular formula is C19H24N2. The average molecular weight is 280 g/mol. The molecule has 0 amide bonds. The molecule has 2 aromatic rings. The van der Waals surface area contributed by atoms with Crippen molar-refractivity contribution in [2.75, 3.05) is 4.90 Å². The molecule has 2 N–H and O–H groups in total. The van der Waals surface area contributed by atoms with Crippen LogP contribution in [0.3, 0.4) is 0 Å². The second-order valence-electron chi connectivity index (χ2n) is 6.35. The van der Waals surface area contributed by atoms with Crippen LogP contribution in [-0.4, -0.2) is 12.1 Å². The van der Waals surface area contributed by atoms with E-state index in [0.717, 1.165) is 12.8 Å². The zero-order valence-corrected chi connectivity index (χ0v) is 13.1. The number of hydrogen-bond acceptors (Lipinski definition) is 2. The molecule has 1 heterocycles. The summed E-state index contributed by atoms with van der Waals surface area (Å²) < 4.78 is 0. The summed E-state index contributed by atoms with van der Waals surface area (Å²) in [6.45, 7) is 6.56. The van der Waals surface area contributed by atoms with Gasteiger partial charge in [0.1, 0.15) is 0 Å². The molecule has 0 aromatic heterocycles. The first-order chi connectivity index (χ1) is 10.1. The molecule has 0 radical (unpaired) electrons. The summed E-state index contributed by atoms with van der Waals surface area (Å²) in [4.78, 5) is 2.47. The Hall–Kier alpha value is -1.80. The highest BCUT2D eigenvalue weighted by Gasteiger charge is 2.27. The Kier molecular flexibility index (Phi) is 3.73. The van der Waals surface area contributed by atoms with Gasteiger partial charge < -0.3 is 10.6 Å². The van der Waals surface area contributed by atoms with Crippen molar-refractivity contribution in [1.29, 1.82) is 0 Å². The van der Waals surface area contributed by atoms with Gasteiger partial charge in [-0.15, -0.1) is 0 Å². The van der Waals surface area contributed by atoms with Crippen LogP contribution in [-0.2, 0) is 12.8 Å². The fourth-order valence-corrected chi connectivity index (χ4v) is 3.42. The molecule has 0 saturated heterocycles. The molecule has 0 aliphatic carbocycles. The van der Waals surface area contributed by atoms with Crippen molar-refractivity contribution < 1.29 is 0 Å². The lowest BCUT2D eigenvalue weighted by Crippen LogP contribution is -2.24. The number of aryl methyl sites for hydroxylation is 1. The minimum atomic E-state index is 0.210. The van der Waals surface area contributed by atoms with Gasteiger partial charge in [-0.05, 0) is 62.4 Å². The third kappa shape index (κ3) is 2.68. The van der Waals surface area contributed by atoms with E-state index in [9.17, 15) is 0 Å². The van der Waals surface area contributed by atoms with Gasteiger partial charge in [0.2, 0.25) is 0 Å². The molecule has 2 aromatic carbocycles. The number of nitrogens with two attached hydrogens (primary N) is 1. The molecular weight excluding hydrogens is 256 g/mol. The number of fused-ring (bicyclic) bond motifs is 1. The summed E-state index contributed by atoms with van der Waals surface area (Å²) in [5.41, 5.74) is 12.7. The summed E-state index contributed by atoms with van der Waals surface area (Å²) in [6.07, 6.45) is 2.06. The smallest absolute Gasteiger partial charge is 0.0446 e. The Labute approximate surface area is 127 Å². The van der Waals surface area contributed by atoms with Crippen molar-refractivity contribution in [1.82, 2.24) is 0 Å². The van der Waals surface area contributed by atoms with E-state index >= 15 is 0 Å². The van der Waals surface area contributed by atoms with Crippen LogP contribution in [0.1, 0.15) is 30.5 Å². The van der Waals surface area contributed by atoms with Crippen molar-refractivity contribution in [2.24, 2.45) is 5.73 Å². The predicted molar refractivity (Wildman–Crippen MR) is 90.3 cm³/mol. The molecule has 2 unspecified atom stereocenters. The summed E-state index contributed by atoms with van der Waals surface area (Å²) in [5, 5.41) is 0. The highest BCUT2D eigenvalue weighted by molar-refractivity contribution is 5.73. The van der Waals surface area contributed by atoms with Gasteiger partial charge in [0.15, 0.2) is 0 Å². The van der Waals surface area contributed by atoms with Gasteiger partial charge in [-0.25, -0.2) is 0 Å². The molecule has 0 bridgehead atoms. The van der Waals surface area contributed by atoms with Crippen molar-refractivity contribution in [2.45, 2.75) is 45.7 Å². The van der Waals surface area contributed by atoms with E-state index in [2.05, 4.69) is 68.1 Å². The molecule has 0 fully saturated rings. The zero-order chi connectivity index (χ0) is 15.0. The van der Waals surface area contributed by atoms with Crippen LogP contribution in [0.2, 0.25) is 0 Å². The van der Waals surface area contributed by atoms with Crippen LogP contribution in [0.15, 0.2) is 42.5 Å². The fraction of sp³-hybridized carbons (Fsp3) is 0.368. The summed E-state index contributed by atoms with van der Waals surface area (Å²) >= 11 is 0. The van der Waals surface area contributed by atoms with E-state index < -0.39 is 0 Å². The lowest BCUT2D eigenvalue weighted by atomic mass is 10.0. The topological polar surface area (TPSA) is 29.3 Å². The Morgan fingerprint density at radius 2 is 1.95 bits per heavy atom. The number of rotatable bonds is 3. The van der Waals surface area contributed by atoms with Gasteiger partial charge in [-0.3, -0.25) is 0 Å². The summed E-state index contributed by atoms with van der Waals surface area (Å²) in [6, 6.07) is 16.2. The number of anilines is 2. The summed E-state index contributed by atoms with van der Waals surface area (Å²) in [7, 11) is 0. The zero-order valence-electron chi connectivity index (χ0n) is 13.1. The predicted octanol–water partition coefficient (Wildman–Crippen LogP) is 3.97. The van der Waals surface area contributed by atoms with E-state index in [4.69, 9.17) is 5.73 Å². The SMILES string of the molecule is Cc1cc(CC(C)N)ccc1N1c2ccccc2CC1C. The summed E-state index contributed by atoms with van der Waals surface area (Å²) in [5.74, 6) is 0. The van der Waals surface area contributed by atoms with Crippen LogP contribution < -0.4 is 10.6 Å². The maximum Gasteiger partial charge on any atom is 0.0446 e. The molecule has 110 valence electrons. The van der Waals surface area contributed by atoms with E-state index in [-0.39, 0.29) is 6.04 Å². The first-order valence-electron chi connectivity index (χ1n) is 7.78. The number of para-hydroxylation sites is 1. The quantitative estimate of drug-likeness (QED) is 0.922. The molecule has 1 aliphatic heterocycles. The Morgan fingerprint density at radius 1 is 1.19 bits per heavy atom. The van der Waals surface area contributed by atoms with Gasteiger partial charge in [-0.1, -0.05) is 30.3 Å². The van der Waals surface area contributed by atoms with Gasteiger partial charge in [0, 0.05) is 23.5 Å². The second kappa shape index (κ2) is 5.53. The van der Waals surface area contributed by atoms with Crippen LogP contribution in [0.4, 0.5) is 11.4 Å². The van der Waals surface area contributed by atoms with Gasteiger partial charge in [0.25, 0.3) is 0 Å². The third-order valence-electron chi connectivity index (χ3n) is 4.29. The number of hydrogen-bond donors (Lipinski definition) is 1. The average Bonchev–Trinajstić information content (AvgIpc) is 2.74. The molecule has 0 saturated carbocycles.